The normalized spacial score (nSPS) is 18.5. The Balaban J connectivity index is 1.03. The minimum absolute atomic E-state index is 0.0545. The Bertz CT molecular complexity index is 2370. The molecule has 0 unspecified atom stereocenters. The van der Waals surface area contributed by atoms with Crippen LogP contribution in [0.25, 0.3) is 0 Å². The van der Waals surface area contributed by atoms with Crippen LogP contribution in [0.3, 0.4) is 0 Å². The quantitative estimate of drug-likeness (QED) is 0.0441. The number of unbranched alkanes of at least 4 members (excludes halogenated alkanes) is 1. The number of piperazine rings is 1. The number of carboxylic acid groups (broad SMARTS) is 1. The number of carbonyl (C=O) groups excluding carboxylic acids is 4. The maximum atomic E-state index is 14.5. The van der Waals surface area contributed by atoms with Gasteiger partial charge in [-0.3, -0.25) is 29.2 Å². The highest BCUT2D eigenvalue weighted by Gasteiger charge is 2.39. The van der Waals surface area contributed by atoms with Crippen LogP contribution in [0.15, 0.2) is 103 Å². The van der Waals surface area contributed by atoms with Crippen LogP contribution in [-0.2, 0) is 54.5 Å². The van der Waals surface area contributed by atoms with Crippen molar-refractivity contribution in [3.05, 3.63) is 131 Å². The van der Waals surface area contributed by atoms with E-state index in [9.17, 15) is 34.2 Å². The SMILES string of the molecule is CC(C)(C)NC(=O)[C@@H]1CN(Cc2cccnc2)CCN1C[C@@H](O)C[C@@H](Cc1ccccc1)C(=O)N[C@H]1c2ccccc2C[C@H]1OC(=O)CCCCOc1ccc(C[C@H](NC(=O)OC(C)(C)C)C(=O)O)cc1. The standard InChI is InChI=1S/C55H72N6O10/c1-54(2,3)59-51(65)46-36-60(34-39-17-14-25-56-33-39)26-27-61(46)35-42(62)31-41(29-37-15-8-7-9-16-37)50(64)58-49-44-19-11-10-18-40(44)32-47(49)70-48(63)20-12-13-28-69-43-23-21-38(22-24-43)30-45(52(66)67)57-53(68)71-55(4,5)6/h7-11,14-19,21-25,33,41-42,45-47,49,62H,12-13,20,26-32,34-36H2,1-6H3,(H,57,68)(H,58,64)(H,59,65)(H,66,67)/t41-,42+,45+,46+,47-,49+/m1/s1. The predicted octanol–water partition coefficient (Wildman–Crippen LogP) is 6.19. The summed E-state index contributed by atoms with van der Waals surface area (Å²) in [5.74, 6) is -2.00. The number of pyridine rings is 1. The minimum atomic E-state index is -1.18. The fourth-order valence-electron chi connectivity index (χ4n) is 9.05. The van der Waals surface area contributed by atoms with Crippen molar-refractivity contribution >= 4 is 29.8 Å². The highest BCUT2D eigenvalue weighted by Crippen LogP contribution is 2.34. The lowest BCUT2D eigenvalue weighted by molar-refractivity contribution is -0.151. The van der Waals surface area contributed by atoms with Gasteiger partial charge in [0.1, 0.15) is 29.5 Å². The molecule has 3 aromatic carbocycles. The van der Waals surface area contributed by atoms with Crippen LogP contribution in [0.2, 0.25) is 0 Å². The number of aliphatic hydroxyl groups excluding tert-OH is 1. The molecular weight excluding hydrogens is 905 g/mol. The third kappa shape index (κ3) is 17.5. The highest BCUT2D eigenvalue weighted by atomic mass is 16.6. The lowest BCUT2D eigenvalue weighted by Crippen LogP contribution is -2.61. The number of β-amino-alcohol motifs (C(OH)–C–C–N with tert-alkyl or cyclic N) is 1. The molecule has 3 amide bonds. The monoisotopic (exact) mass is 977 g/mol. The molecule has 2 heterocycles. The number of rotatable bonds is 22. The lowest BCUT2D eigenvalue weighted by Gasteiger charge is -2.42. The van der Waals surface area contributed by atoms with Gasteiger partial charge in [-0.15, -0.1) is 0 Å². The molecule has 1 aliphatic carbocycles. The number of aromatic nitrogens is 1. The second-order valence-corrected chi connectivity index (χ2v) is 20.7. The Morgan fingerprint density at radius 3 is 2.23 bits per heavy atom. The minimum Gasteiger partial charge on any atom is -0.494 e. The van der Waals surface area contributed by atoms with Crippen molar-refractivity contribution in [2.24, 2.45) is 5.92 Å². The second-order valence-electron chi connectivity index (χ2n) is 20.7. The first-order chi connectivity index (χ1) is 33.8. The van der Waals surface area contributed by atoms with E-state index in [0.717, 1.165) is 22.3 Å². The number of esters is 1. The van der Waals surface area contributed by atoms with Gasteiger partial charge in [-0.05, 0) is 113 Å². The molecule has 6 rings (SSSR count). The van der Waals surface area contributed by atoms with Crippen LogP contribution in [0.4, 0.5) is 4.79 Å². The number of fused-ring (bicyclic) bond motifs is 1. The van der Waals surface area contributed by atoms with Crippen molar-refractivity contribution in [1.29, 1.82) is 0 Å². The summed E-state index contributed by atoms with van der Waals surface area (Å²) in [5.41, 5.74) is 3.34. The number of aliphatic hydroxyl groups is 1. The number of hydrogen-bond donors (Lipinski definition) is 5. The van der Waals surface area contributed by atoms with E-state index >= 15 is 0 Å². The average Bonchev–Trinajstić information content (AvgIpc) is 3.64. The molecule has 16 nitrogen and oxygen atoms in total. The van der Waals surface area contributed by atoms with Crippen molar-refractivity contribution in [2.45, 2.75) is 135 Å². The molecule has 2 aliphatic rings. The number of aliphatic carboxylic acids is 1. The molecule has 6 atom stereocenters. The van der Waals surface area contributed by atoms with E-state index < -0.39 is 59.5 Å². The van der Waals surface area contributed by atoms with Crippen LogP contribution in [0.5, 0.6) is 5.75 Å². The van der Waals surface area contributed by atoms with Gasteiger partial charge >= 0.3 is 18.0 Å². The number of carbonyl (C=O) groups is 5. The van der Waals surface area contributed by atoms with Gasteiger partial charge < -0.3 is 40.4 Å². The van der Waals surface area contributed by atoms with Gasteiger partial charge in [0.05, 0.1) is 18.8 Å². The molecule has 1 aromatic heterocycles. The number of nitrogens with one attached hydrogen (secondary N) is 3. The number of amides is 3. The van der Waals surface area contributed by atoms with Crippen LogP contribution in [0.1, 0.15) is 101 Å². The number of hydrogen-bond acceptors (Lipinski definition) is 12. The Kier molecular flexibility index (Phi) is 19.1. The van der Waals surface area contributed by atoms with Gasteiger partial charge in [-0.25, -0.2) is 9.59 Å². The van der Waals surface area contributed by atoms with E-state index in [1.54, 1.807) is 51.2 Å². The van der Waals surface area contributed by atoms with Crippen molar-refractivity contribution in [3.63, 3.8) is 0 Å². The largest absolute Gasteiger partial charge is 0.494 e. The number of alkyl carbamates (subject to hydrolysis) is 1. The molecule has 1 fully saturated rings. The summed E-state index contributed by atoms with van der Waals surface area (Å²) in [6.45, 7) is 13.8. The molecule has 0 saturated carbocycles. The number of ether oxygens (including phenoxy) is 3. The molecule has 5 N–H and O–H groups in total. The van der Waals surface area contributed by atoms with E-state index in [1.165, 1.54) is 0 Å². The number of nitrogens with zero attached hydrogens (tertiary/aromatic N) is 3. The summed E-state index contributed by atoms with van der Waals surface area (Å²) in [4.78, 5) is 74.2. The summed E-state index contributed by atoms with van der Waals surface area (Å²) in [7, 11) is 0. The molecule has 4 aromatic rings. The van der Waals surface area contributed by atoms with Crippen molar-refractivity contribution in [1.82, 2.24) is 30.7 Å². The third-order valence-electron chi connectivity index (χ3n) is 12.4. The molecule has 1 saturated heterocycles. The fourth-order valence-corrected chi connectivity index (χ4v) is 9.05. The highest BCUT2D eigenvalue weighted by molar-refractivity contribution is 5.83. The molecule has 16 heteroatoms. The summed E-state index contributed by atoms with van der Waals surface area (Å²) in [5, 5.41) is 30.3. The van der Waals surface area contributed by atoms with Crippen molar-refractivity contribution < 1.29 is 48.4 Å². The Labute approximate surface area is 417 Å². The lowest BCUT2D eigenvalue weighted by atomic mass is 9.91. The van der Waals surface area contributed by atoms with Crippen molar-refractivity contribution in [2.75, 3.05) is 32.8 Å². The molecule has 0 spiro atoms. The van der Waals surface area contributed by atoms with Gasteiger partial charge in [-0.2, -0.15) is 0 Å². The Morgan fingerprint density at radius 2 is 1.54 bits per heavy atom. The van der Waals surface area contributed by atoms with Gasteiger partial charge in [-0.1, -0.05) is 72.8 Å². The molecule has 0 radical (unpaired) electrons. The van der Waals surface area contributed by atoms with Gasteiger partial charge in [0, 0.05) is 75.8 Å². The predicted molar refractivity (Wildman–Crippen MR) is 268 cm³/mol. The molecule has 382 valence electrons. The van der Waals surface area contributed by atoms with Crippen LogP contribution in [-0.4, -0.2) is 123 Å². The van der Waals surface area contributed by atoms with Gasteiger partial charge in [0.2, 0.25) is 11.8 Å². The van der Waals surface area contributed by atoms with Crippen LogP contribution < -0.4 is 20.7 Å². The zero-order valence-electron chi connectivity index (χ0n) is 42.0. The first kappa shape index (κ1) is 54.0. The third-order valence-corrected chi connectivity index (χ3v) is 12.4. The smallest absolute Gasteiger partial charge is 0.408 e. The summed E-state index contributed by atoms with van der Waals surface area (Å²) in [6, 6.07) is 26.0. The van der Waals surface area contributed by atoms with Crippen LogP contribution >= 0.6 is 0 Å². The van der Waals surface area contributed by atoms with Gasteiger partial charge in [0.15, 0.2) is 0 Å². The zero-order chi connectivity index (χ0) is 51.1. The fraction of sp³-hybridized carbons (Fsp3) is 0.491. The maximum absolute atomic E-state index is 14.5. The first-order valence-corrected chi connectivity index (χ1v) is 24.7. The maximum Gasteiger partial charge on any atom is 0.408 e. The van der Waals surface area contributed by atoms with E-state index in [1.807, 2.05) is 98.6 Å². The van der Waals surface area contributed by atoms with E-state index in [2.05, 4.69) is 25.8 Å². The number of carboxylic acids is 1. The molecular formula is C55H72N6O10. The van der Waals surface area contributed by atoms with E-state index in [4.69, 9.17) is 14.2 Å². The van der Waals surface area contributed by atoms with Gasteiger partial charge in [0.25, 0.3) is 0 Å². The topological polar surface area (TPSA) is 209 Å². The van der Waals surface area contributed by atoms with E-state index in [-0.39, 0.29) is 43.6 Å². The summed E-state index contributed by atoms with van der Waals surface area (Å²) < 4.78 is 17.2. The molecule has 1 aliphatic heterocycles. The van der Waals surface area contributed by atoms with E-state index in [0.29, 0.717) is 69.8 Å². The average molecular weight is 977 g/mol. The zero-order valence-corrected chi connectivity index (χ0v) is 42.0. The number of benzene rings is 3. The molecule has 71 heavy (non-hydrogen) atoms. The summed E-state index contributed by atoms with van der Waals surface area (Å²) >= 11 is 0. The summed E-state index contributed by atoms with van der Waals surface area (Å²) in [6.07, 6.45) is 3.43. The molecule has 0 bridgehead atoms. The first-order valence-electron chi connectivity index (χ1n) is 24.7. The Morgan fingerprint density at radius 1 is 0.831 bits per heavy atom. The van der Waals surface area contributed by atoms with Crippen molar-refractivity contribution in [3.8, 4) is 5.75 Å². The second kappa shape index (κ2) is 25.2. The van der Waals surface area contributed by atoms with Crippen LogP contribution in [0, 0.1) is 5.92 Å². The Hall–Kier alpha value is -6.36.